The van der Waals surface area contributed by atoms with Gasteiger partial charge in [0, 0.05) is 13.5 Å². The third-order valence-corrected chi connectivity index (χ3v) is 12.5. The molecule has 1 aliphatic heterocycles. The van der Waals surface area contributed by atoms with Gasteiger partial charge in [-0.15, -0.1) is 0 Å². The van der Waals surface area contributed by atoms with E-state index in [2.05, 4.69) is 20.8 Å². The fourth-order valence-corrected chi connectivity index (χ4v) is 10.5. The fraction of sp³-hybridized carbons (Fsp3) is 0.781. The van der Waals surface area contributed by atoms with E-state index in [4.69, 9.17) is 0 Å². The second-order valence-corrected chi connectivity index (χ2v) is 14.3. The quantitative estimate of drug-likeness (QED) is 0.507. The first-order chi connectivity index (χ1) is 18.0. The van der Waals surface area contributed by atoms with Crippen LogP contribution in [-0.2, 0) is 4.79 Å². The number of hydrogen-bond donors (Lipinski definition) is 2. The van der Waals surface area contributed by atoms with E-state index in [1.807, 2.05) is 16.8 Å². The molecule has 4 saturated carbocycles. The van der Waals surface area contributed by atoms with Crippen molar-refractivity contribution in [3.05, 3.63) is 24.0 Å². The Hall–Kier alpha value is -1.66. The molecule has 1 heterocycles. The molecule has 10 atom stereocenters. The Labute approximate surface area is 227 Å². The van der Waals surface area contributed by atoms with Gasteiger partial charge in [0.25, 0.3) is 0 Å². The number of aliphatic hydroxyl groups excluding tert-OH is 2. The maximum atomic E-state index is 13.8. The van der Waals surface area contributed by atoms with E-state index in [0.717, 1.165) is 43.5 Å². The van der Waals surface area contributed by atoms with Gasteiger partial charge in [0.15, 0.2) is 0 Å². The van der Waals surface area contributed by atoms with Crippen LogP contribution in [0, 0.1) is 52.2 Å². The van der Waals surface area contributed by atoms with Gasteiger partial charge in [-0.25, -0.2) is 4.39 Å². The summed E-state index contributed by atoms with van der Waals surface area (Å²) < 4.78 is 13.8. The molecule has 0 bridgehead atoms. The van der Waals surface area contributed by atoms with Crippen LogP contribution in [0.3, 0.4) is 0 Å². The predicted octanol–water partition coefficient (Wildman–Crippen LogP) is 5.97. The number of hydrogen-bond acceptors (Lipinski definition) is 4. The Morgan fingerprint density at radius 2 is 1.79 bits per heavy atom. The number of carbonyl (C=O) groups excluding carboxylic acids is 1. The lowest BCUT2D eigenvalue weighted by atomic mass is 9.43. The summed E-state index contributed by atoms with van der Waals surface area (Å²) in [6.07, 6.45) is 9.45. The number of nitrogens with zero attached hydrogens (tertiary/aromatic N) is 2. The minimum absolute atomic E-state index is 0.124. The van der Waals surface area contributed by atoms with E-state index in [0.29, 0.717) is 48.6 Å². The van der Waals surface area contributed by atoms with Gasteiger partial charge in [-0.1, -0.05) is 20.8 Å². The molecule has 38 heavy (non-hydrogen) atoms. The van der Waals surface area contributed by atoms with Crippen molar-refractivity contribution in [3.8, 4) is 0 Å². The highest BCUT2D eigenvalue weighted by atomic mass is 19.1. The summed E-state index contributed by atoms with van der Waals surface area (Å²) in [7, 11) is 1.90. The summed E-state index contributed by atoms with van der Waals surface area (Å²) in [5, 5.41) is 21.8. The molecule has 1 aromatic carbocycles. The first kappa shape index (κ1) is 26.6. The molecule has 1 aromatic rings. The van der Waals surface area contributed by atoms with Crippen LogP contribution < -0.4 is 9.80 Å². The van der Waals surface area contributed by atoms with Gasteiger partial charge in [0.1, 0.15) is 5.82 Å². The molecule has 0 aromatic heterocycles. The summed E-state index contributed by atoms with van der Waals surface area (Å²) in [5.41, 5.74) is 2.07. The molecule has 5 nitrogen and oxygen atoms in total. The van der Waals surface area contributed by atoms with Crippen molar-refractivity contribution >= 4 is 17.3 Å². The van der Waals surface area contributed by atoms with Crippen LogP contribution in [0.1, 0.15) is 85.0 Å². The lowest BCUT2D eigenvalue weighted by Gasteiger charge is -2.62. The number of fused-ring (bicyclic) bond motifs is 6. The predicted molar refractivity (Wildman–Crippen MR) is 148 cm³/mol. The van der Waals surface area contributed by atoms with Crippen LogP contribution in [0.2, 0.25) is 0 Å². The number of aliphatic hydroxyl groups is 2. The number of anilines is 2. The van der Waals surface area contributed by atoms with Crippen LogP contribution in [0.25, 0.3) is 0 Å². The van der Waals surface area contributed by atoms with Crippen LogP contribution in [0.4, 0.5) is 15.8 Å². The Kier molecular flexibility index (Phi) is 6.62. The molecule has 0 radical (unpaired) electrons. The molecule has 6 rings (SSSR count). The van der Waals surface area contributed by atoms with Crippen molar-refractivity contribution in [2.24, 2.45) is 46.3 Å². The number of carbonyl (C=O) groups is 1. The smallest absolute Gasteiger partial charge is 0.228 e. The molecule has 2 N–H and O–H groups in total. The van der Waals surface area contributed by atoms with Crippen molar-refractivity contribution < 1.29 is 19.4 Å². The fourth-order valence-electron chi connectivity index (χ4n) is 10.5. The third-order valence-electron chi connectivity index (χ3n) is 12.5. The molecular formula is C32H47FN2O3. The van der Waals surface area contributed by atoms with Gasteiger partial charge in [0.05, 0.1) is 30.3 Å². The molecule has 0 unspecified atom stereocenters. The van der Waals surface area contributed by atoms with E-state index in [9.17, 15) is 19.4 Å². The molecule has 0 spiro atoms. The van der Waals surface area contributed by atoms with Crippen LogP contribution in [0.5, 0.6) is 0 Å². The minimum atomic E-state index is -0.272. The molecular weight excluding hydrogens is 479 g/mol. The molecule has 210 valence electrons. The number of rotatable bonds is 4. The molecule has 4 aliphatic carbocycles. The van der Waals surface area contributed by atoms with Crippen LogP contribution in [0.15, 0.2) is 18.2 Å². The zero-order valence-corrected chi connectivity index (χ0v) is 23.7. The van der Waals surface area contributed by atoms with Gasteiger partial charge < -0.3 is 15.1 Å². The summed E-state index contributed by atoms with van der Waals surface area (Å²) >= 11 is 0. The zero-order valence-electron chi connectivity index (χ0n) is 23.7. The van der Waals surface area contributed by atoms with Gasteiger partial charge in [0.2, 0.25) is 5.91 Å². The van der Waals surface area contributed by atoms with Crippen molar-refractivity contribution in [1.82, 2.24) is 0 Å². The Morgan fingerprint density at radius 1 is 1.05 bits per heavy atom. The monoisotopic (exact) mass is 526 g/mol. The highest BCUT2D eigenvalue weighted by molar-refractivity contribution is 5.99. The lowest BCUT2D eigenvalue weighted by molar-refractivity contribution is -0.174. The Bertz CT molecular complexity index is 1080. The zero-order chi connectivity index (χ0) is 27.0. The largest absolute Gasteiger partial charge is 0.393 e. The van der Waals surface area contributed by atoms with Gasteiger partial charge in [-0.05, 0) is 122 Å². The van der Waals surface area contributed by atoms with Crippen LogP contribution >= 0.6 is 0 Å². The summed E-state index contributed by atoms with van der Waals surface area (Å²) in [6, 6.07) is 4.68. The first-order valence-corrected chi connectivity index (χ1v) is 15.2. The van der Waals surface area contributed by atoms with Gasteiger partial charge >= 0.3 is 0 Å². The first-order valence-electron chi connectivity index (χ1n) is 15.2. The van der Waals surface area contributed by atoms with Gasteiger partial charge in [-0.2, -0.15) is 0 Å². The average molecular weight is 527 g/mol. The minimum Gasteiger partial charge on any atom is -0.393 e. The Morgan fingerprint density at radius 3 is 2.58 bits per heavy atom. The van der Waals surface area contributed by atoms with Crippen LogP contribution in [-0.4, -0.2) is 42.0 Å². The maximum absolute atomic E-state index is 13.8. The van der Waals surface area contributed by atoms with Gasteiger partial charge in [-0.3, -0.25) is 9.69 Å². The highest BCUT2D eigenvalue weighted by Crippen LogP contribution is 2.68. The molecule has 4 fully saturated rings. The normalized spacial score (nSPS) is 42.8. The molecule has 6 heteroatoms. The van der Waals surface area contributed by atoms with Crippen molar-refractivity contribution in [3.63, 3.8) is 0 Å². The van der Waals surface area contributed by atoms with E-state index in [-0.39, 0.29) is 34.8 Å². The molecule has 5 aliphatic rings. The van der Waals surface area contributed by atoms with E-state index in [1.54, 1.807) is 6.07 Å². The van der Waals surface area contributed by atoms with E-state index in [1.165, 1.54) is 37.8 Å². The molecule has 1 amide bonds. The van der Waals surface area contributed by atoms with E-state index < -0.39 is 0 Å². The van der Waals surface area contributed by atoms with E-state index >= 15 is 0 Å². The standard InChI is InChI=1S/C32H47FN2O3/c1-19(5-10-29(38)35-18-34(4)27-17-21(33)6-9-26(27)35)23-7-8-24-30-25(12-14-32(23,24)3)31(2)13-11-22(36)15-20(31)16-28(30)37/h6,9,17,19-20,22-25,28,30,36-37H,5,7-8,10-16,18H2,1-4H3/t19-,20+,22-,23-,24+,25+,28-,30+,31+,32-/m1/s1. The SMILES string of the molecule is C[C@H](CCC(=O)N1CN(C)c2cc(F)ccc21)[C@H]1CC[C@H]2[C@@H]3[C@H](O)C[C@@H]4C[C@H](O)CC[C@]4(C)[C@H]3CC[C@]12C. The van der Waals surface area contributed by atoms with Crippen molar-refractivity contribution in [1.29, 1.82) is 0 Å². The lowest BCUT2D eigenvalue weighted by Crippen LogP contribution is -2.58. The second-order valence-electron chi connectivity index (χ2n) is 14.3. The maximum Gasteiger partial charge on any atom is 0.228 e. The topological polar surface area (TPSA) is 64.0 Å². The molecule has 0 saturated heterocycles. The number of amides is 1. The number of halogens is 1. The second kappa shape index (κ2) is 9.47. The highest BCUT2D eigenvalue weighted by Gasteiger charge is 2.62. The summed E-state index contributed by atoms with van der Waals surface area (Å²) in [6.45, 7) is 7.79. The third kappa shape index (κ3) is 4.03. The van der Waals surface area contributed by atoms with Crippen molar-refractivity contribution in [2.45, 2.75) is 97.2 Å². The average Bonchev–Trinajstić information content (AvgIpc) is 3.40. The summed E-state index contributed by atoms with van der Waals surface area (Å²) in [5.74, 6) is 2.82. The van der Waals surface area contributed by atoms with Crippen molar-refractivity contribution in [2.75, 3.05) is 23.5 Å². The Balaban J connectivity index is 1.13. The number of benzene rings is 1. The summed E-state index contributed by atoms with van der Waals surface area (Å²) in [4.78, 5) is 17.0.